The average molecular weight is 463 g/mol. The van der Waals surface area contributed by atoms with Crippen molar-refractivity contribution in [2.45, 2.75) is 57.5 Å². The SMILES string of the molecule is Cc1nc2c(s1)CN(C(=O)[C@H](C)NS(=O)(=O)c1cccc(N3CCCC3=O)c1C)CC2. The summed E-state index contributed by atoms with van der Waals surface area (Å²) >= 11 is 1.57. The molecule has 2 amide bonds. The first-order valence-corrected chi connectivity index (χ1v) is 12.6. The molecule has 1 saturated heterocycles. The Balaban J connectivity index is 1.51. The number of rotatable bonds is 5. The van der Waals surface area contributed by atoms with Crippen LogP contribution in [0.25, 0.3) is 0 Å². The Morgan fingerprint density at radius 2 is 2.00 bits per heavy atom. The third kappa shape index (κ3) is 4.24. The smallest absolute Gasteiger partial charge is 0.241 e. The molecule has 1 aromatic heterocycles. The van der Waals surface area contributed by atoms with Crippen LogP contribution in [-0.2, 0) is 32.6 Å². The van der Waals surface area contributed by atoms with Gasteiger partial charge in [-0.05, 0) is 44.9 Å². The Hall–Kier alpha value is -2.30. The van der Waals surface area contributed by atoms with E-state index in [4.69, 9.17) is 0 Å². The Morgan fingerprint density at radius 3 is 2.71 bits per heavy atom. The Morgan fingerprint density at radius 1 is 1.23 bits per heavy atom. The van der Waals surface area contributed by atoms with Gasteiger partial charge < -0.3 is 9.80 Å². The summed E-state index contributed by atoms with van der Waals surface area (Å²) in [6, 6.07) is 3.99. The molecular formula is C21H26N4O4S2. The lowest BCUT2D eigenvalue weighted by Gasteiger charge is -2.29. The van der Waals surface area contributed by atoms with Crippen molar-refractivity contribution in [3.05, 3.63) is 39.3 Å². The van der Waals surface area contributed by atoms with Crippen molar-refractivity contribution in [3.63, 3.8) is 0 Å². The van der Waals surface area contributed by atoms with E-state index in [0.29, 0.717) is 43.7 Å². The number of hydrogen-bond acceptors (Lipinski definition) is 6. The number of aryl methyl sites for hydroxylation is 1. The number of aromatic nitrogens is 1. The van der Waals surface area contributed by atoms with E-state index in [9.17, 15) is 18.0 Å². The maximum atomic E-state index is 13.1. The van der Waals surface area contributed by atoms with E-state index in [1.807, 2.05) is 6.92 Å². The van der Waals surface area contributed by atoms with Crippen molar-refractivity contribution in [1.82, 2.24) is 14.6 Å². The minimum Gasteiger partial charge on any atom is -0.336 e. The molecule has 1 fully saturated rings. The number of nitrogens with one attached hydrogen (secondary N) is 1. The number of nitrogens with zero attached hydrogens (tertiary/aromatic N) is 3. The van der Waals surface area contributed by atoms with Crippen LogP contribution >= 0.6 is 11.3 Å². The second-order valence-electron chi connectivity index (χ2n) is 8.00. The van der Waals surface area contributed by atoms with Crippen LogP contribution in [0.2, 0.25) is 0 Å². The molecule has 4 rings (SSSR count). The first-order valence-electron chi connectivity index (χ1n) is 10.3. The molecule has 0 unspecified atom stereocenters. The number of hydrogen-bond donors (Lipinski definition) is 1. The zero-order chi connectivity index (χ0) is 22.3. The predicted octanol–water partition coefficient (Wildman–Crippen LogP) is 2.14. The topological polar surface area (TPSA) is 99.7 Å². The number of anilines is 1. The van der Waals surface area contributed by atoms with E-state index >= 15 is 0 Å². The lowest BCUT2D eigenvalue weighted by Crippen LogP contribution is -2.48. The van der Waals surface area contributed by atoms with Crippen molar-refractivity contribution >= 4 is 38.9 Å². The van der Waals surface area contributed by atoms with Crippen molar-refractivity contribution in [2.75, 3.05) is 18.0 Å². The number of sulfonamides is 1. The van der Waals surface area contributed by atoms with E-state index < -0.39 is 16.1 Å². The first-order chi connectivity index (χ1) is 14.7. The average Bonchev–Trinajstić information content (AvgIpc) is 3.30. The van der Waals surface area contributed by atoms with Crippen molar-refractivity contribution < 1.29 is 18.0 Å². The van der Waals surface area contributed by atoms with Gasteiger partial charge in [-0.25, -0.2) is 13.4 Å². The summed E-state index contributed by atoms with van der Waals surface area (Å²) in [6.07, 6.45) is 1.91. The molecule has 166 valence electrons. The molecule has 1 atom stereocenters. The molecule has 0 spiro atoms. The van der Waals surface area contributed by atoms with Gasteiger partial charge in [0.1, 0.15) is 0 Å². The van der Waals surface area contributed by atoms with Crippen molar-refractivity contribution in [2.24, 2.45) is 0 Å². The Labute approximate surface area is 186 Å². The minimum absolute atomic E-state index is 0.00285. The van der Waals surface area contributed by atoms with Crippen molar-refractivity contribution in [3.8, 4) is 0 Å². The molecule has 1 N–H and O–H groups in total. The molecule has 0 saturated carbocycles. The second-order valence-corrected chi connectivity index (χ2v) is 11.0. The van der Waals surface area contributed by atoms with E-state index in [1.165, 1.54) is 6.07 Å². The number of carbonyl (C=O) groups excluding carboxylic acids is 2. The fraction of sp³-hybridized carbons (Fsp3) is 0.476. The lowest BCUT2D eigenvalue weighted by molar-refractivity contribution is -0.133. The molecule has 3 heterocycles. The zero-order valence-corrected chi connectivity index (χ0v) is 19.5. The van der Waals surface area contributed by atoms with E-state index in [2.05, 4.69) is 9.71 Å². The zero-order valence-electron chi connectivity index (χ0n) is 17.8. The van der Waals surface area contributed by atoms with Crippen LogP contribution in [-0.4, -0.2) is 49.2 Å². The quantitative estimate of drug-likeness (QED) is 0.734. The summed E-state index contributed by atoms with van der Waals surface area (Å²) in [4.78, 5) is 34.0. The predicted molar refractivity (Wildman–Crippen MR) is 119 cm³/mol. The maximum absolute atomic E-state index is 13.1. The van der Waals surface area contributed by atoms with Gasteiger partial charge in [0.2, 0.25) is 21.8 Å². The molecule has 2 aromatic rings. The second kappa shape index (κ2) is 8.33. The Kier molecular flexibility index (Phi) is 5.89. The standard InChI is InChI=1S/C21H26N4O4S2/c1-13-17(25-10-5-8-20(25)26)6-4-7-19(13)31(28,29)23-14(2)21(27)24-11-9-16-18(12-24)30-15(3)22-16/h4,6-7,14,23H,5,8-12H2,1-3H3/t14-/m0/s1. The number of benzene rings is 1. The Bertz CT molecular complexity index is 1140. The summed E-state index contributed by atoms with van der Waals surface area (Å²) < 4.78 is 28.7. The monoisotopic (exact) mass is 462 g/mol. The number of thiazole rings is 1. The maximum Gasteiger partial charge on any atom is 0.241 e. The van der Waals surface area contributed by atoms with E-state index in [1.54, 1.807) is 47.1 Å². The molecule has 8 nitrogen and oxygen atoms in total. The molecular weight excluding hydrogens is 436 g/mol. The molecule has 0 aliphatic carbocycles. The van der Waals surface area contributed by atoms with E-state index in [-0.39, 0.29) is 16.7 Å². The molecule has 31 heavy (non-hydrogen) atoms. The van der Waals surface area contributed by atoms with Gasteiger partial charge in [0.25, 0.3) is 0 Å². The van der Waals surface area contributed by atoms with Gasteiger partial charge in [-0.3, -0.25) is 9.59 Å². The summed E-state index contributed by atoms with van der Waals surface area (Å²) in [5.74, 6) is -0.263. The van der Waals surface area contributed by atoms with Crippen LogP contribution in [0.5, 0.6) is 0 Å². The van der Waals surface area contributed by atoms with Crippen LogP contribution in [0.4, 0.5) is 5.69 Å². The number of fused-ring (bicyclic) bond motifs is 1. The van der Waals surface area contributed by atoms with Gasteiger partial charge in [-0.15, -0.1) is 11.3 Å². The van der Waals surface area contributed by atoms with Gasteiger partial charge in [0, 0.05) is 36.5 Å². The van der Waals surface area contributed by atoms with Gasteiger partial charge in [0.05, 0.1) is 28.2 Å². The van der Waals surface area contributed by atoms with E-state index in [0.717, 1.165) is 22.0 Å². The fourth-order valence-corrected chi connectivity index (χ4v) is 6.68. The van der Waals surface area contributed by atoms with Crippen LogP contribution in [0.3, 0.4) is 0 Å². The van der Waals surface area contributed by atoms with Gasteiger partial charge in [0.15, 0.2) is 0 Å². The van der Waals surface area contributed by atoms with Gasteiger partial charge >= 0.3 is 0 Å². The highest BCUT2D eigenvalue weighted by atomic mass is 32.2. The van der Waals surface area contributed by atoms with Gasteiger partial charge in [-0.2, -0.15) is 4.72 Å². The summed E-state index contributed by atoms with van der Waals surface area (Å²) in [5, 5.41) is 0.972. The number of amides is 2. The highest BCUT2D eigenvalue weighted by molar-refractivity contribution is 7.89. The summed E-state index contributed by atoms with van der Waals surface area (Å²) in [7, 11) is -3.95. The largest absolute Gasteiger partial charge is 0.336 e. The molecule has 0 bridgehead atoms. The molecule has 1 aromatic carbocycles. The molecule has 10 heteroatoms. The fourth-order valence-electron chi connectivity index (χ4n) is 4.22. The number of carbonyl (C=O) groups is 2. The normalized spacial score (nSPS) is 17.7. The first kappa shape index (κ1) is 21.9. The van der Waals surface area contributed by atoms with Crippen LogP contribution in [0.15, 0.2) is 23.1 Å². The van der Waals surface area contributed by atoms with Crippen molar-refractivity contribution in [1.29, 1.82) is 0 Å². The lowest BCUT2D eigenvalue weighted by atomic mass is 10.1. The van der Waals surface area contributed by atoms with Crippen LogP contribution in [0, 0.1) is 13.8 Å². The van der Waals surface area contributed by atoms with Crippen LogP contribution < -0.4 is 9.62 Å². The summed E-state index contributed by atoms with van der Waals surface area (Å²) in [5.41, 5.74) is 2.14. The van der Waals surface area contributed by atoms with Crippen LogP contribution in [0.1, 0.15) is 40.9 Å². The third-order valence-corrected chi connectivity index (χ3v) is 8.44. The highest BCUT2D eigenvalue weighted by Crippen LogP contribution is 2.30. The van der Waals surface area contributed by atoms with Gasteiger partial charge in [-0.1, -0.05) is 6.07 Å². The molecule has 0 radical (unpaired) electrons. The third-order valence-electron chi connectivity index (χ3n) is 5.76. The molecule has 2 aliphatic rings. The molecule has 2 aliphatic heterocycles. The summed E-state index contributed by atoms with van der Waals surface area (Å²) in [6.45, 7) is 6.76. The minimum atomic E-state index is -3.95. The highest BCUT2D eigenvalue weighted by Gasteiger charge is 2.31.